The molecule has 1 aliphatic rings. The van der Waals surface area contributed by atoms with Gasteiger partial charge in [-0.05, 0) is 23.8 Å². The summed E-state index contributed by atoms with van der Waals surface area (Å²) in [6.45, 7) is 0. The molecule has 1 aliphatic heterocycles. The quantitative estimate of drug-likeness (QED) is 0.541. The third kappa shape index (κ3) is 0.937. The number of nitrogens with one attached hydrogen (secondary N) is 1. The summed E-state index contributed by atoms with van der Waals surface area (Å²) in [5.41, 5.74) is 4.97. The van der Waals surface area contributed by atoms with E-state index in [4.69, 9.17) is 0 Å². The molecule has 1 heterocycles. The van der Waals surface area contributed by atoms with Crippen LogP contribution in [-0.2, 0) is 0 Å². The van der Waals surface area contributed by atoms with Crippen LogP contribution in [-0.4, -0.2) is 0 Å². The van der Waals surface area contributed by atoms with Gasteiger partial charge in [0.25, 0.3) is 0 Å². The van der Waals surface area contributed by atoms with Crippen LogP contribution in [0.25, 0.3) is 11.1 Å². The zero-order chi connectivity index (χ0) is 8.67. The Hall–Kier alpha value is -1.76. The molecular formula is C12H9N. The first kappa shape index (κ1) is 6.72. The summed E-state index contributed by atoms with van der Waals surface area (Å²) >= 11 is 0. The van der Waals surface area contributed by atoms with E-state index in [0.29, 0.717) is 0 Å². The number of hydrogen-bond acceptors (Lipinski definition) is 1. The van der Waals surface area contributed by atoms with Crippen LogP contribution in [0.3, 0.4) is 0 Å². The second-order valence-electron chi connectivity index (χ2n) is 3.25. The molecule has 0 spiro atoms. The topological polar surface area (TPSA) is 12.0 Å². The van der Waals surface area contributed by atoms with Gasteiger partial charge < -0.3 is 5.32 Å². The van der Waals surface area contributed by atoms with Gasteiger partial charge in [-0.3, -0.25) is 0 Å². The molecule has 0 saturated heterocycles. The number of rotatable bonds is 0. The van der Waals surface area contributed by atoms with Gasteiger partial charge in [0, 0.05) is 16.9 Å². The Labute approximate surface area is 77.0 Å². The van der Waals surface area contributed by atoms with Crippen LogP contribution in [0.1, 0.15) is 0 Å². The summed E-state index contributed by atoms with van der Waals surface area (Å²) in [6, 6.07) is 16.8. The molecule has 0 unspecified atom stereocenters. The lowest BCUT2D eigenvalue weighted by Gasteiger charge is -2.18. The zero-order valence-corrected chi connectivity index (χ0v) is 7.12. The molecule has 0 amide bonds. The molecule has 0 radical (unpaired) electrons. The molecule has 2 bridgehead atoms. The van der Waals surface area contributed by atoms with Crippen molar-refractivity contribution < 1.29 is 0 Å². The molecule has 0 atom stereocenters. The van der Waals surface area contributed by atoms with Crippen LogP contribution < -0.4 is 5.32 Å². The van der Waals surface area contributed by atoms with E-state index in [9.17, 15) is 0 Å². The third-order valence-electron chi connectivity index (χ3n) is 2.38. The van der Waals surface area contributed by atoms with Gasteiger partial charge in [-0.15, -0.1) is 0 Å². The standard InChI is InChI=1S/C12H9N/c1-2-7-12-11(6-1)9-4-3-5-10(8-9)13-12/h1-8,13H. The Kier molecular flexibility index (Phi) is 1.22. The third-order valence-corrected chi connectivity index (χ3v) is 2.38. The fourth-order valence-electron chi connectivity index (χ4n) is 1.76. The van der Waals surface area contributed by atoms with Crippen LogP contribution in [0.4, 0.5) is 11.4 Å². The molecule has 2 aromatic carbocycles. The first-order valence-corrected chi connectivity index (χ1v) is 4.40. The molecule has 13 heavy (non-hydrogen) atoms. The van der Waals surface area contributed by atoms with E-state index in [-0.39, 0.29) is 0 Å². The van der Waals surface area contributed by atoms with Crippen molar-refractivity contribution in [2.45, 2.75) is 0 Å². The number of para-hydroxylation sites is 1. The van der Waals surface area contributed by atoms with Gasteiger partial charge in [-0.1, -0.05) is 30.3 Å². The van der Waals surface area contributed by atoms with Crippen LogP contribution in [0, 0.1) is 0 Å². The summed E-state index contributed by atoms with van der Waals surface area (Å²) in [5, 5.41) is 3.36. The Bertz CT molecular complexity index is 460. The zero-order valence-electron chi connectivity index (χ0n) is 7.12. The van der Waals surface area contributed by atoms with Crippen molar-refractivity contribution in [1.82, 2.24) is 0 Å². The minimum absolute atomic E-state index is 1.18. The van der Waals surface area contributed by atoms with Gasteiger partial charge >= 0.3 is 0 Å². The fourth-order valence-corrected chi connectivity index (χ4v) is 1.76. The molecule has 0 aliphatic carbocycles. The normalized spacial score (nSPS) is 11.7. The number of anilines is 2. The molecule has 62 valence electrons. The van der Waals surface area contributed by atoms with E-state index in [0.717, 1.165) is 0 Å². The molecule has 0 fully saturated rings. The van der Waals surface area contributed by atoms with Gasteiger partial charge in [-0.25, -0.2) is 0 Å². The molecular weight excluding hydrogens is 158 g/mol. The van der Waals surface area contributed by atoms with Crippen molar-refractivity contribution in [3.63, 3.8) is 0 Å². The van der Waals surface area contributed by atoms with E-state index in [1.807, 2.05) is 0 Å². The molecule has 0 aromatic heterocycles. The lowest BCUT2D eigenvalue weighted by atomic mass is 10.00. The average Bonchev–Trinajstić information content (AvgIpc) is 2.18. The Morgan fingerprint density at radius 1 is 0.846 bits per heavy atom. The summed E-state index contributed by atoms with van der Waals surface area (Å²) in [7, 11) is 0. The van der Waals surface area contributed by atoms with E-state index < -0.39 is 0 Å². The van der Waals surface area contributed by atoms with Crippen LogP contribution in [0.15, 0.2) is 48.5 Å². The summed E-state index contributed by atoms with van der Waals surface area (Å²) < 4.78 is 0. The van der Waals surface area contributed by atoms with E-state index in [2.05, 4.69) is 53.8 Å². The number of fused-ring (bicyclic) bond motifs is 4. The molecule has 3 rings (SSSR count). The average molecular weight is 167 g/mol. The lowest BCUT2D eigenvalue weighted by molar-refractivity contribution is 1.49. The molecule has 2 aromatic rings. The van der Waals surface area contributed by atoms with Crippen molar-refractivity contribution in [1.29, 1.82) is 0 Å². The van der Waals surface area contributed by atoms with Crippen molar-refractivity contribution in [3.8, 4) is 11.1 Å². The lowest BCUT2D eigenvalue weighted by Crippen LogP contribution is -1.97. The SMILES string of the molecule is c1cc2cc(c1)-c1ccccc1N2. The van der Waals surface area contributed by atoms with Crippen molar-refractivity contribution in [2.24, 2.45) is 0 Å². The maximum absolute atomic E-state index is 3.36. The van der Waals surface area contributed by atoms with E-state index in [1.165, 1.54) is 22.5 Å². The first-order valence-electron chi connectivity index (χ1n) is 4.40. The van der Waals surface area contributed by atoms with E-state index >= 15 is 0 Å². The Morgan fingerprint density at radius 2 is 1.77 bits per heavy atom. The van der Waals surface area contributed by atoms with Crippen LogP contribution in [0.2, 0.25) is 0 Å². The fraction of sp³-hybridized carbons (Fsp3) is 0. The van der Waals surface area contributed by atoms with Gasteiger partial charge in [-0.2, -0.15) is 0 Å². The summed E-state index contributed by atoms with van der Waals surface area (Å²) in [4.78, 5) is 0. The minimum Gasteiger partial charge on any atom is -0.355 e. The highest BCUT2D eigenvalue weighted by Gasteiger charge is 2.09. The van der Waals surface area contributed by atoms with E-state index in [1.54, 1.807) is 0 Å². The highest BCUT2D eigenvalue weighted by Crippen LogP contribution is 2.35. The van der Waals surface area contributed by atoms with Gasteiger partial charge in [0.15, 0.2) is 0 Å². The first-order chi connectivity index (χ1) is 6.43. The maximum Gasteiger partial charge on any atom is 0.0463 e. The number of benzene rings is 2. The van der Waals surface area contributed by atoms with Gasteiger partial charge in [0.1, 0.15) is 0 Å². The number of hydrogen-bond donors (Lipinski definition) is 1. The molecule has 0 saturated carbocycles. The maximum atomic E-state index is 3.36. The predicted octanol–water partition coefficient (Wildman–Crippen LogP) is 3.41. The second-order valence-corrected chi connectivity index (χ2v) is 3.25. The summed E-state index contributed by atoms with van der Waals surface area (Å²) in [5.74, 6) is 0. The van der Waals surface area contributed by atoms with Gasteiger partial charge in [0.2, 0.25) is 0 Å². The monoisotopic (exact) mass is 167 g/mol. The Morgan fingerprint density at radius 3 is 2.77 bits per heavy atom. The van der Waals surface area contributed by atoms with Crippen LogP contribution >= 0.6 is 0 Å². The minimum atomic E-state index is 1.18. The van der Waals surface area contributed by atoms with Gasteiger partial charge in [0.05, 0.1) is 0 Å². The van der Waals surface area contributed by atoms with Crippen molar-refractivity contribution in [3.05, 3.63) is 48.5 Å². The van der Waals surface area contributed by atoms with Crippen molar-refractivity contribution in [2.75, 3.05) is 5.32 Å². The van der Waals surface area contributed by atoms with Crippen molar-refractivity contribution >= 4 is 11.4 Å². The molecule has 1 heteroatoms. The summed E-state index contributed by atoms with van der Waals surface area (Å²) in [6.07, 6.45) is 0. The second kappa shape index (κ2) is 2.36. The largest absolute Gasteiger partial charge is 0.355 e. The Balaban J connectivity index is 2.34. The highest BCUT2D eigenvalue weighted by atomic mass is 14.9. The highest BCUT2D eigenvalue weighted by molar-refractivity contribution is 5.86. The molecule has 1 N–H and O–H groups in total. The smallest absolute Gasteiger partial charge is 0.0463 e. The predicted molar refractivity (Wildman–Crippen MR) is 55.2 cm³/mol. The van der Waals surface area contributed by atoms with Crippen LogP contribution in [0.5, 0.6) is 0 Å². The molecule has 1 nitrogen and oxygen atoms in total.